The maximum absolute atomic E-state index is 5.28. The number of H-pyrrole nitrogens is 1. The lowest BCUT2D eigenvalue weighted by molar-refractivity contribution is 0.415. The molecular weight excluding hydrogens is 220 g/mol. The van der Waals surface area contributed by atoms with Crippen LogP contribution in [0.1, 0.15) is 6.42 Å². The Bertz CT molecular complexity index is 568. The number of methoxy groups -OCH3 is 1. The molecule has 0 aliphatic heterocycles. The van der Waals surface area contributed by atoms with E-state index in [1.807, 2.05) is 24.3 Å². The summed E-state index contributed by atoms with van der Waals surface area (Å²) in [4.78, 5) is 3.18. The number of nitrogens with one attached hydrogen (secondary N) is 1. The molecule has 4 heteroatoms. The molecule has 1 aromatic heterocycles. The molecule has 0 radical (unpaired) electrons. The van der Waals surface area contributed by atoms with E-state index in [0.29, 0.717) is 0 Å². The van der Waals surface area contributed by atoms with Gasteiger partial charge >= 0.3 is 0 Å². The molecule has 2 aromatic rings. The molecule has 0 amide bonds. The number of rotatable bonds is 4. The molecule has 0 aliphatic rings. The van der Waals surface area contributed by atoms with Crippen molar-refractivity contribution in [1.29, 1.82) is 0 Å². The third-order valence-corrected chi connectivity index (χ3v) is 2.86. The van der Waals surface area contributed by atoms with Gasteiger partial charge in [-0.15, -0.1) is 6.58 Å². The molecule has 2 rings (SSSR count). The van der Waals surface area contributed by atoms with Crippen LogP contribution in [0.5, 0.6) is 5.75 Å². The Morgan fingerprint density at radius 3 is 3.06 bits per heavy atom. The van der Waals surface area contributed by atoms with Crippen LogP contribution in [0.25, 0.3) is 11.0 Å². The van der Waals surface area contributed by atoms with Crippen molar-refractivity contribution in [2.45, 2.75) is 13.0 Å². The molecule has 84 valence electrons. The highest BCUT2D eigenvalue weighted by atomic mass is 32.1. The van der Waals surface area contributed by atoms with Gasteiger partial charge in [0.05, 0.1) is 18.1 Å². The largest absolute Gasteiger partial charge is 0.497 e. The van der Waals surface area contributed by atoms with Crippen LogP contribution in [-0.4, -0.2) is 16.7 Å². The van der Waals surface area contributed by atoms with Crippen molar-refractivity contribution in [2.75, 3.05) is 7.11 Å². The maximum atomic E-state index is 5.28. The number of hydrogen-bond acceptors (Lipinski definition) is 2. The average Bonchev–Trinajstić information content (AvgIpc) is 2.61. The second-order valence-corrected chi connectivity index (χ2v) is 3.93. The van der Waals surface area contributed by atoms with Crippen molar-refractivity contribution in [3.05, 3.63) is 35.6 Å². The highest BCUT2D eigenvalue weighted by Gasteiger charge is 2.04. The number of benzene rings is 1. The van der Waals surface area contributed by atoms with Crippen LogP contribution in [0, 0.1) is 4.77 Å². The van der Waals surface area contributed by atoms with E-state index in [-0.39, 0.29) is 0 Å². The molecule has 1 N–H and O–H groups in total. The van der Waals surface area contributed by atoms with E-state index < -0.39 is 0 Å². The Morgan fingerprint density at radius 2 is 2.38 bits per heavy atom. The summed E-state index contributed by atoms with van der Waals surface area (Å²) in [5.41, 5.74) is 2.11. The van der Waals surface area contributed by atoms with E-state index in [0.717, 1.165) is 34.5 Å². The van der Waals surface area contributed by atoms with Crippen molar-refractivity contribution < 1.29 is 4.74 Å². The predicted molar refractivity (Wildman–Crippen MR) is 68.5 cm³/mol. The molecule has 1 heterocycles. The number of ether oxygens (including phenoxy) is 1. The van der Waals surface area contributed by atoms with Crippen LogP contribution in [0.2, 0.25) is 0 Å². The Balaban J connectivity index is 2.56. The van der Waals surface area contributed by atoms with Crippen molar-refractivity contribution in [2.24, 2.45) is 0 Å². The summed E-state index contributed by atoms with van der Waals surface area (Å²) in [7, 11) is 1.66. The molecule has 0 fully saturated rings. The summed E-state index contributed by atoms with van der Waals surface area (Å²) in [6, 6.07) is 5.89. The Labute approximate surface area is 99.4 Å². The second-order valence-electron chi connectivity index (χ2n) is 3.54. The molecular formula is C12H14N2OS. The number of fused-ring (bicyclic) bond motifs is 1. The first-order valence-electron chi connectivity index (χ1n) is 5.13. The zero-order valence-electron chi connectivity index (χ0n) is 9.19. The van der Waals surface area contributed by atoms with Crippen molar-refractivity contribution in [1.82, 2.24) is 9.55 Å². The number of aromatic nitrogens is 2. The fourth-order valence-corrected chi connectivity index (χ4v) is 2.00. The second kappa shape index (κ2) is 4.53. The first-order chi connectivity index (χ1) is 7.76. The van der Waals surface area contributed by atoms with Crippen molar-refractivity contribution in [3.8, 4) is 5.75 Å². The van der Waals surface area contributed by atoms with Gasteiger partial charge in [0.2, 0.25) is 0 Å². The minimum Gasteiger partial charge on any atom is -0.497 e. The lowest BCUT2D eigenvalue weighted by Gasteiger charge is -2.03. The van der Waals surface area contributed by atoms with Crippen LogP contribution in [0.3, 0.4) is 0 Å². The molecule has 0 bridgehead atoms. The topological polar surface area (TPSA) is 29.9 Å². The summed E-state index contributed by atoms with van der Waals surface area (Å²) < 4.78 is 8.01. The van der Waals surface area contributed by atoms with E-state index in [4.69, 9.17) is 17.0 Å². The van der Waals surface area contributed by atoms with Crippen molar-refractivity contribution >= 4 is 23.3 Å². The van der Waals surface area contributed by atoms with Gasteiger partial charge in [0, 0.05) is 12.6 Å². The standard InChI is InChI=1S/C12H14N2OS/c1-3-4-7-14-11-8-9(15-2)5-6-10(11)13-12(14)16/h3,5-6,8H,1,4,7H2,2H3,(H,13,16). The molecule has 0 spiro atoms. The van der Waals surface area contributed by atoms with Gasteiger partial charge in [-0.05, 0) is 30.8 Å². The van der Waals surface area contributed by atoms with Crippen LogP contribution in [0.4, 0.5) is 0 Å². The highest BCUT2D eigenvalue weighted by Crippen LogP contribution is 2.20. The lowest BCUT2D eigenvalue weighted by Crippen LogP contribution is -1.96. The van der Waals surface area contributed by atoms with Crippen LogP contribution in [-0.2, 0) is 6.54 Å². The van der Waals surface area contributed by atoms with E-state index in [1.165, 1.54) is 0 Å². The summed E-state index contributed by atoms with van der Waals surface area (Å²) >= 11 is 5.28. The van der Waals surface area contributed by atoms with Gasteiger partial charge in [0.15, 0.2) is 4.77 Å². The molecule has 0 unspecified atom stereocenters. The fourth-order valence-electron chi connectivity index (χ4n) is 1.70. The predicted octanol–water partition coefficient (Wildman–Crippen LogP) is 3.28. The first-order valence-corrected chi connectivity index (χ1v) is 5.54. The van der Waals surface area contributed by atoms with Gasteiger partial charge in [-0.3, -0.25) is 0 Å². The molecule has 0 saturated carbocycles. The lowest BCUT2D eigenvalue weighted by atomic mass is 10.3. The Morgan fingerprint density at radius 1 is 1.56 bits per heavy atom. The molecule has 3 nitrogen and oxygen atoms in total. The Hall–Kier alpha value is -1.55. The first kappa shape index (κ1) is 11.0. The molecule has 0 saturated heterocycles. The fraction of sp³-hybridized carbons (Fsp3) is 0.250. The quantitative estimate of drug-likeness (QED) is 0.650. The highest BCUT2D eigenvalue weighted by molar-refractivity contribution is 7.71. The number of aromatic amines is 1. The zero-order chi connectivity index (χ0) is 11.5. The molecule has 0 aliphatic carbocycles. The van der Waals surface area contributed by atoms with Crippen LogP contribution in [0.15, 0.2) is 30.9 Å². The SMILES string of the molecule is C=CCCn1c(=S)[nH]c2ccc(OC)cc21. The van der Waals surface area contributed by atoms with E-state index in [2.05, 4.69) is 16.1 Å². The molecule has 16 heavy (non-hydrogen) atoms. The number of aryl methyl sites for hydroxylation is 1. The molecule has 0 atom stereocenters. The van der Waals surface area contributed by atoms with E-state index in [9.17, 15) is 0 Å². The van der Waals surface area contributed by atoms with Crippen LogP contribution >= 0.6 is 12.2 Å². The number of imidazole rings is 1. The van der Waals surface area contributed by atoms with Gasteiger partial charge in [-0.2, -0.15) is 0 Å². The maximum Gasteiger partial charge on any atom is 0.178 e. The molecule has 1 aromatic carbocycles. The summed E-state index contributed by atoms with van der Waals surface area (Å²) in [6.45, 7) is 4.56. The smallest absolute Gasteiger partial charge is 0.178 e. The van der Waals surface area contributed by atoms with Gasteiger partial charge in [0.25, 0.3) is 0 Å². The summed E-state index contributed by atoms with van der Waals surface area (Å²) in [5.74, 6) is 0.842. The third-order valence-electron chi connectivity index (χ3n) is 2.54. The van der Waals surface area contributed by atoms with Gasteiger partial charge in [-0.25, -0.2) is 0 Å². The van der Waals surface area contributed by atoms with E-state index in [1.54, 1.807) is 7.11 Å². The zero-order valence-corrected chi connectivity index (χ0v) is 10.0. The number of nitrogens with zero attached hydrogens (tertiary/aromatic N) is 1. The monoisotopic (exact) mass is 234 g/mol. The van der Waals surface area contributed by atoms with Crippen molar-refractivity contribution in [3.63, 3.8) is 0 Å². The minimum absolute atomic E-state index is 0.741. The normalized spacial score (nSPS) is 10.6. The van der Waals surface area contributed by atoms with Gasteiger partial charge in [0.1, 0.15) is 5.75 Å². The van der Waals surface area contributed by atoms with Crippen LogP contribution < -0.4 is 4.74 Å². The summed E-state index contributed by atoms with van der Waals surface area (Å²) in [6.07, 6.45) is 2.79. The number of allylic oxidation sites excluding steroid dienone is 1. The third kappa shape index (κ3) is 1.88. The number of hydrogen-bond donors (Lipinski definition) is 1. The van der Waals surface area contributed by atoms with Gasteiger partial charge in [-0.1, -0.05) is 6.08 Å². The summed E-state index contributed by atoms with van der Waals surface area (Å²) in [5, 5.41) is 0. The van der Waals surface area contributed by atoms with E-state index >= 15 is 0 Å². The van der Waals surface area contributed by atoms with Gasteiger partial charge < -0.3 is 14.3 Å². The average molecular weight is 234 g/mol. The minimum atomic E-state index is 0.741. The Kier molecular flexibility index (Phi) is 3.10.